The lowest BCUT2D eigenvalue weighted by Gasteiger charge is -2.03. The lowest BCUT2D eigenvalue weighted by molar-refractivity contribution is 0.820. The van der Waals surface area contributed by atoms with Gasteiger partial charge in [0.05, 0.1) is 0 Å². The van der Waals surface area contributed by atoms with E-state index in [1.54, 1.807) is 13.1 Å². The number of aromatic nitrogens is 4. The van der Waals surface area contributed by atoms with E-state index in [9.17, 15) is 4.79 Å². The largest absolute Gasteiger partial charge is 0.294 e. The smallest absolute Gasteiger partial charge is 0.281 e. The van der Waals surface area contributed by atoms with Crippen LogP contribution in [0.25, 0.3) is 17.2 Å². The third kappa shape index (κ3) is 1.52. The van der Waals surface area contributed by atoms with E-state index in [0.717, 1.165) is 0 Å². The van der Waals surface area contributed by atoms with Crippen LogP contribution in [-0.4, -0.2) is 19.5 Å². The zero-order valence-corrected chi connectivity index (χ0v) is 8.51. The van der Waals surface area contributed by atoms with Crippen molar-refractivity contribution in [2.45, 2.75) is 6.92 Å². The summed E-state index contributed by atoms with van der Waals surface area (Å²) < 4.78 is 1.46. The highest BCUT2D eigenvalue weighted by Gasteiger charge is 2.06. The molecule has 0 saturated carbocycles. The van der Waals surface area contributed by atoms with Crippen LogP contribution in [0.1, 0.15) is 12.7 Å². The number of hydrogen-bond acceptors (Lipinski definition) is 4. The Labute approximate surface area is 86.1 Å². The second kappa shape index (κ2) is 3.61. The maximum absolute atomic E-state index is 11.8. The molecule has 0 aliphatic carbocycles. The molecule has 0 saturated heterocycles. The summed E-state index contributed by atoms with van der Waals surface area (Å²) in [4.78, 5) is 24.0. The first-order chi connectivity index (χ1) is 7.24. The minimum absolute atomic E-state index is 0.179. The lowest BCUT2D eigenvalue weighted by atomic mass is 10.4. The van der Waals surface area contributed by atoms with Crippen molar-refractivity contribution >= 4 is 17.2 Å². The molecule has 0 bridgehead atoms. The predicted octanol–water partition coefficient (Wildman–Crippen LogP) is 0.757. The van der Waals surface area contributed by atoms with Crippen molar-refractivity contribution in [1.29, 1.82) is 0 Å². The highest BCUT2D eigenvalue weighted by molar-refractivity contribution is 5.68. The Bertz CT molecular complexity index is 585. The second-order valence-corrected chi connectivity index (χ2v) is 3.06. The summed E-state index contributed by atoms with van der Waals surface area (Å²) in [7, 11) is 1.67. The first kappa shape index (κ1) is 9.51. The fraction of sp³-hybridized carbons (Fsp3) is 0.200. The molecular weight excluding hydrogens is 192 g/mol. The van der Waals surface area contributed by atoms with Crippen molar-refractivity contribution in [3.63, 3.8) is 0 Å². The van der Waals surface area contributed by atoms with Gasteiger partial charge in [0.15, 0.2) is 11.2 Å². The lowest BCUT2D eigenvalue weighted by Crippen LogP contribution is -2.21. The fourth-order valence-electron chi connectivity index (χ4n) is 1.31. The number of nitrogens with zero attached hydrogens (tertiary/aromatic N) is 4. The summed E-state index contributed by atoms with van der Waals surface area (Å²) in [6.07, 6.45) is 6.59. The SMILES string of the molecule is C/C=C/c1nc2nccnc2c(=O)n1C. The van der Waals surface area contributed by atoms with Gasteiger partial charge in [0.1, 0.15) is 5.82 Å². The van der Waals surface area contributed by atoms with Crippen molar-refractivity contribution in [1.82, 2.24) is 19.5 Å². The van der Waals surface area contributed by atoms with Crippen molar-refractivity contribution < 1.29 is 0 Å². The molecule has 5 nitrogen and oxygen atoms in total. The van der Waals surface area contributed by atoms with Crippen LogP contribution >= 0.6 is 0 Å². The molecule has 2 aromatic heterocycles. The molecular formula is C10H10N4O. The Balaban J connectivity index is 2.88. The summed E-state index contributed by atoms with van der Waals surface area (Å²) in [6.45, 7) is 1.87. The second-order valence-electron chi connectivity index (χ2n) is 3.06. The van der Waals surface area contributed by atoms with Gasteiger partial charge >= 0.3 is 0 Å². The number of fused-ring (bicyclic) bond motifs is 1. The molecule has 2 aromatic rings. The summed E-state index contributed by atoms with van der Waals surface area (Å²) in [5.74, 6) is 0.579. The van der Waals surface area contributed by atoms with E-state index in [1.165, 1.54) is 17.0 Å². The predicted molar refractivity (Wildman–Crippen MR) is 57.3 cm³/mol. The van der Waals surface area contributed by atoms with E-state index >= 15 is 0 Å². The number of allylic oxidation sites excluding steroid dienone is 1. The quantitative estimate of drug-likeness (QED) is 0.684. The molecule has 0 unspecified atom stereocenters. The van der Waals surface area contributed by atoms with Crippen LogP contribution in [0.4, 0.5) is 0 Å². The molecule has 0 aliphatic rings. The molecule has 0 aliphatic heterocycles. The van der Waals surface area contributed by atoms with E-state index in [0.29, 0.717) is 17.0 Å². The molecule has 0 atom stereocenters. The molecule has 0 fully saturated rings. The van der Waals surface area contributed by atoms with Gasteiger partial charge in [-0.25, -0.2) is 15.0 Å². The molecule has 76 valence electrons. The molecule has 0 spiro atoms. The zero-order valence-electron chi connectivity index (χ0n) is 8.51. The topological polar surface area (TPSA) is 60.7 Å². The van der Waals surface area contributed by atoms with E-state index in [1.807, 2.05) is 13.0 Å². The molecule has 0 radical (unpaired) electrons. The van der Waals surface area contributed by atoms with Crippen molar-refractivity contribution in [2.24, 2.45) is 7.05 Å². The molecule has 0 aromatic carbocycles. The van der Waals surface area contributed by atoms with Gasteiger partial charge in [-0.2, -0.15) is 0 Å². The van der Waals surface area contributed by atoms with Gasteiger partial charge in [0, 0.05) is 19.4 Å². The minimum Gasteiger partial charge on any atom is -0.294 e. The maximum atomic E-state index is 11.8. The van der Waals surface area contributed by atoms with Crippen LogP contribution < -0.4 is 5.56 Å². The summed E-state index contributed by atoms with van der Waals surface area (Å²) >= 11 is 0. The third-order valence-electron chi connectivity index (χ3n) is 2.07. The van der Waals surface area contributed by atoms with Gasteiger partial charge in [0.2, 0.25) is 0 Å². The Morgan fingerprint density at radius 1 is 1.33 bits per heavy atom. The van der Waals surface area contributed by atoms with Crippen LogP contribution in [0.3, 0.4) is 0 Å². The Kier molecular flexibility index (Phi) is 2.29. The van der Waals surface area contributed by atoms with Gasteiger partial charge in [0.25, 0.3) is 5.56 Å². The van der Waals surface area contributed by atoms with Crippen molar-refractivity contribution in [3.8, 4) is 0 Å². The van der Waals surface area contributed by atoms with Gasteiger partial charge < -0.3 is 0 Å². The van der Waals surface area contributed by atoms with E-state index in [4.69, 9.17) is 0 Å². The highest BCUT2D eigenvalue weighted by atomic mass is 16.1. The van der Waals surface area contributed by atoms with Crippen LogP contribution in [-0.2, 0) is 7.05 Å². The Morgan fingerprint density at radius 2 is 2.07 bits per heavy atom. The van der Waals surface area contributed by atoms with Crippen LogP contribution in [0.5, 0.6) is 0 Å². The first-order valence-corrected chi connectivity index (χ1v) is 4.54. The summed E-state index contributed by atoms with van der Waals surface area (Å²) in [5.41, 5.74) is 0.503. The zero-order chi connectivity index (χ0) is 10.8. The Hall–Kier alpha value is -2.04. The van der Waals surface area contributed by atoms with E-state index < -0.39 is 0 Å². The van der Waals surface area contributed by atoms with Crippen molar-refractivity contribution in [2.75, 3.05) is 0 Å². The highest BCUT2D eigenvalue weighted by Crippen LogP contribution is 2.02. The fourth-order valence-corrected chi connectivity index (χ4v) is 1.31. The average molecular weight is 202 g/mol. The van der Waals surface area contributed by atoms with E-state index in [-0.39, 0.29) is 5.56 Å². The monoisotopic (exact) mass is 202 g/mol. The number of rotatable bonds is 1. The van der Waals surface area contributed by atoms with Gasteiger partial charge in [-0.3, -0.25) is 9.36 Å². The standard InChI is InChI=1S/C10H10N4O/c1-3-4-7-13-9-8(10(15)14(7)2)11-5-6-12-9/h3-6H,1-2H3/b4-3+. The van der Waals surface area contributed by atoms with E-state index in [2.05, 4.69) is 15.0 Å². The van der Waals surface area contributed by atoms with Gasteiger partial charge in [-0.1, -0.05) is 6.08 Å². The third-order valence-corrected chi connectivity index (χ3v) is 2.07. The molecule has 0 amide bonds. The van der Waals surface area contributed by atoms with Crippen LogP contribution in [0.15, 0.2) is 23.3 Å². The molecule has 2 heterocycles. The van der Waals surface area contributed by atoms with Gasteiger partial charge in [-0.15, -0.1) is 0 Å². The maximum Gasteiger partial charge on any atom is 0.281 e. The summed E-state index contributed by atoms with van der Waals surface area (Å²) in [5, 5.41) is 0. The van der Waals surface area contributed by atoms with Crippen LogP contribution in [0, 0.1) is 0 Å². The molecule has 15 heavy (non-hydrogen) atoms. The Morgan fingerprint density at radius 3 is 2.80 bits per heavy atom. The normalized spacial score (nSPS) is 11.3. The minimum atomic E-state index is -0.179. The molecule has 0 N–H and O–H groups in total. The first-order valence-electron chi connectivity index (χ1n) is 4.54. The molecule has 2 rings (SSSR count). The van der Waals surface area contributed by atoms with Crippen LogP contribution in [0.2, 0.25) is 0 Å². The van der Waals surface area contributed by atoms with Crippen molar-refractivity contribution in [3.05, 3.63) is 34.6 Å². The number of hydrogen-bond donors (Lipinski definition) is 0. The molecule has 5 heteroatoms. The van der Waals surface area contributed by atoms with Gasteiger partial charge in [-0.05, 0) is 13.0 Å². The average Bonchev–Trinajstić information content (AvgIpc) is 2.26. The summed E-state index contributed by atoms with van der Waals surface area (Å²) in [6, 6.07) is 0.